The van der Waals surface area contributed by atoms with E-state index in [0.29, 0.717) is 13.1 Å². The standard InChI is InChI=1S/C20H23N5O/c1-16(23-20(26)24(2)13-18-8-10-21-11-9-18)19-12-22-25(15-19)14-17-6-4-3-5-7-17/h3-12,15-16H,13-14H2,1-2H3,(H,23,26)/t16-/m1/s1. The minimum Gasteiger partial charge on any atom is -0.331 e. The summed E-state index contributed by atoms with van der Waals surface area (Å²) < 4.78 is 1.88. The summed E-state index contributed by atoms with van der Waals surface area (Å²) in [5, 5.41) is 7.41. The first-order chi connectivity index (χ1) is 12.6. The second-order valence-electron chi connectivity index (χ2n) is 6.34. The molecule has 3 aromatic rings. The molecular weight excluding hydrogens is 326 g/mol. The Morgan fingerprint density at radius 3 is 2.62 bits per heavy atom. The summed E-state index contributed by atoms with van der Waals surface area (Å²) in [6.45, 7) is 3.21. The Labute approximate surface area is 153 Å². The van der Waals surface area contributed by atoms with Crippen molar-refractivity contribution in [3.8, 4) is 0 Å². The average Bonchev–Trinajstić information content (AvgIpc) is 3.12. The number of nitrogens with one attached hydrogen (secondary N) is 1. The number of urea groups is 1. The van der Waals surface area contributed by atoms with Crippen LogP contribution in [0.4, 0.5) is 4.79 Å². The summed E-state index contributed by atoms with van der Waals surface area (Å²) in [6.07, 6.45) is 7.23. The second-order valence-corrected chi connectivity index (χ2v) is 6.34. The van der Waals surface area contributed by atoms with Crippen LogP contribution in [0.5, 0.6) is 0 Å². The number of carbonyl (C=O) groups excluding carboxylic acids is 1. The van der Waals surface area contributed by atoms with Gasteiger partial charge in [0, 0.05) is 37.7 Å². The van der Waals surface area contributed by atoms with E-state index >= 15 is 0 Å². The van der Waals surface area contributed by atoms with Gasteiger partial charge in [0.05, 0.1) is 18.8 Å². The van der Waals surface area contributed by atoms with Gasteiger partial charge in [0.15, 0.2) is 0 Å². The molecule has 0 saturated carbocycles. The summed E-state index contributed by atoms with van der Waals surface area (Å²) in [7, 11) is 1.78. The summed E-state index contributed by atoms with van der Waals surface area (Å²) in [6, 6.07) is 13.7. The van der Waals surface area contributed by atoms with E-state index in [9.17, 15) is 4.79 Å². The maximum Gasteiger partial charge on any atom is 0.317 e. The van der Waals surface area contributed by atoms with E-state index < -0.39 is 0 Å². The molecular formula is C20H23N5O. The fraction of sp³-hybridized carbons (Fsp3) is 0.250. The highest BCUT2D eigenvalue weighted by molar-refractivity contribution is 5.74. The number of aromatic nitrogens is 3. The molecule has 0 radical (unpaired) electrons. The van der Waals surface area contributed by atoms with Crippen LogP contribution in [-0.4, -0.2) is 32.7 Å². The van der Waals surface area contributed by atoms with Gasteiger partial charge in [-0.25, -0.2) is 4.79 Å². The van der Waals surface area contributed by atoms with Crippen LogP contribution >= 0.6 is 0 Å². The lowest BCUT2D eigenvalue weighted by molar-refractivity contribution is 0.203. The van der Waals surface area contributed by atoms with E-state index in [1.807, 2.05) is 48.1 Å². The van der Waals surface area contributed by atoms with Gasteiger partial charge in [-0.15, -0.1) is 0 Å². The minimum absolute atomic E-state index is 0.119. The highest BCUT2D eigenvalue weighted by Crippen LogP contribution is 2.13. The normalized spacial score (nSPS) is 11.8. The molecule has 2 amide bonds. The summed E-state index contributed by atoms with van der Waals surface area (Å²) in [5.41, 5.74) is 3.21. The van der Waals surface area contributed by atoms with Crippen LogP contribution in [0.3, 0.4) is 0 Å². The maximum atomic E-state index is 12.4. The fourth-order valence-electron chi connectivity index (χ4n) is 2.67. The first kappa shape index (κ1) is 17.7. The molecule has 1 atom stereocenters. The van der Waals surface area contributed by atoms with E-state index in [-0.39, 0.29) is 12.1 Å². The van der Waals surface area contributed by atoms with Gasteiger partial charge >= 0.3 is 6.03 Å². The third kappa shape index (κ3) is 4.69. The quantitative estimate of drug-likeness (QED) is 0.743. The van der Waals surface area contributed by atoms with Crippen molar-refractivity contribution in [1.82, 2.24) is 25.0 Å². The third-order valence-corrected chi connectivity index (χ3v) is 4.20. The molecule has 6 nitrogen and oxygen atoms in total. The molecule has 3 rings (SSSR count). The number of benzene rings is 1. The Morgan fingerprint density at radius 2 is 1.88 bits per heavy atom. The number of carbonyl (C=O) groups is 1. The van der Waals surface area contributed by atoms with Gasteiger partial charge in [-0.2, -0.15) is 5.10 Å². The smallest absolute Gasteiger partial charge is 0.317 e. The Kier molecular flexibility index (Phi) is 5.63. The molecule has 0 aliphatic heterocycles. The summed E-state index contributed by atoms with van der Waals surface area (Å²) >= 11 is 0. The van der Waals surface area contributed by atoms with Gasteiger partial charge in [0.2, 0.25) is 0 Å². The molecule has 0 aliphatic carbocycles. The molecule has 0 unspecified atom stereocenters. The van der Waals surface area contributed by atoms with Crippen molar-refractivity contribution < 1.29 is 4.79 Å². The van der Waals surface area contributed by atoms with Crippen LogP contribution in [-0.2, 0) is 13.1 Å². The Balaban J connectivity index is 1.56. The zero-order chi connectivity index (χ0) is 18.4. The molecule has 6 heteroatoms. The predicted molar refractivity (Wildman–Crippen MR) is 100 cm³/mol. The van der Waals surface area contributed by atoms with Crippen LogP contribution in [0.2, 0.25) is 0 Å². The zero-order valence-corrected chi connectivity index (χ0v) is 15.0. The van der Waals surface area contributed by atoms with Crippen molar-refractivity contribution in [2.24, 2.45) is 0 Å². The molecule has 2 heterocycles. The molecule has 0 aliphatic rings. The first-order valence-electron chi connectivity index (χ1n) is 8.58. The van der Waals surface area contributed by atoms with Crippen molar-refractivity contribution in [2.75, 3.05) is 7.05 Å². The van der Waals surface area contributed by atoms with Crippen molar-refractivity contribution in [1.29, 1.82) is 0 Å². The monoisotopic (exact) mass is 349 g/mol. The number of pyridine rings is 1. The van der Waals surface area contributed by atoms with E-state index in [1.165, 1.54) is 5.56 Å². The van der Waals surface area contributed by atoms with Crippen molar-refractivity contribution in [2.45, 2.75) is 26.1 Å². The first-order valence-corrected chi connectivity index (χ1v) is 8.58. The topological polar surface area (TPSA) is 63.1 Å². The highest BCUT2D eigenvalue weighted by Gasteiger charge is 2.15. The van der Waals surface area contributed by atoms with Crippen LogP contribution < -0.4 is 5.32 Å². The molecule has 0 fully saturated rings. The van der Waals surface area contributed by atoms with Crippen molar-refractivity contribution >= 4 is 6.03 Å². The summed E-state index contributed by atoms with van der Waals surface area (Å²) in [5.74, 6) is 0. The number of nitrogens with zero attached hydrogens (tertiary/aromatic N) is 4. The van der Waals surface area contributed by atoms with Gasteiger partial charge in [0.1, 0.15) is 0 Å². The zero-order valence-electron chi connectivity index (χ0n) is 15.0. The molecule has 134 valence electrons. The largest absolute Gasteiger partial charge is 0.331 e. The van der Waals surface area contributed by atoms with E-state index in [2.05, 4.69) is 27.5 Å². The minimum atomic E-state index is -0.120. The average molecular weight is 349 g/mol. The molecule has 0 saturated heterocycles. The van der Waals surface area contributed by atoms with E-state index in [4.69, 9.17) is 0 Å². The van der Waals surface area contributed by atoms with Crippen LogP contribution in [0.1, 0.15) is 29.7 Å². The van der Waals surface area contributed by atoms with E-state index in [1.54, 1.807) is 30.5 Å². The van der Waals surface area contributed by atoms with Gasteiger partial charge in [-0.05, 0) is 30.2 Å². The number of rotatable bonds is 6. The molecule has 26 heavy (non-hydrogen) atoms. The highest BCUT2D eigenvalue weighted by atomic mass is 16.2. The number of amides is 2. The SMILES string of the molecule is C[C@@H](NC(=O)N(C)Cc1ccncc1)c1cnn(Cc2ccccc2)c1. The van der Waals surface area contributed by atoms with Crippen LogP contribution in [0.15, 0.2) is 67.3 Å². The lowest BCUT2D eigenvalue weighted by Crippen LogP contribution is -2.38. The molecule has 0 bridgehead atoms. The van der Waals surface area contributed by atoms with Gasteiger partial charge < -0.3 is 10.2 Å². The lowest BCUT2D eigenvalue weighted by Gasteiger charge is -2.21. The molecule has 1 N–H and O–H groups in total. The van der Waals surface area contributed by atoms with Gasteiger partial charge in [0.25, 0.3) is 0 Å². The fourth-order valence-corrected chi connectivity index (χ4v) is 2.67. The van der Waals surface area contributed by atoms with E-state index in [0.717, 1.165) is 11.1 Å². The molecule has 0 spiro atoms. The van der Waals surface area contributed by atoms with Crippen molar-refractivity contribution in [3.05, 3.63) is 83.9 Å². The van der Waals surface area contributed by atoms with Crippen LogP contribution in [0.25, 0.3) is 0 Å². The molecule has 1 aromatic carbocycles. The molecule has 2 aromatic heterocycles. The van der Waals surface area contributed by atoms with Crippen LogP contribution in [0, 0.1) is 0 Å². The third-order valence-electron chi connectivity index (χ3n) is 4.20. The number of hydrogen-bond acceptors (Lipinski definition) is 3. The predicted octanol–water partition coefficient (Wildman–Crippen LogP) is 3.23. The Hall–Kier alpha value is -3.15. The van der Waals surface area contributed by atoms with Gasteiger partial charge in [-0.1, -0.05) is 30.3 Å². The number of hydrogen-bond donors (Lipinski definition) is 1. The second kappa shape index (κ2) is 8.29. The Bertz CT molecular complexity index is 832. The maximum absolute atomic E-state index is 12.4. The summed E-state index contributed by atoms with van der Waals surface area (Å²) in [4.78, 5) is 18.0. The van der Waals surface area contributed by atoms with Gasteiger partial charge in [-0.3, -0.25) is 9.67 Å². The van der Waals surface area contributed by atoms with Crippen molar-refractivity contribution in [3.63, 3.8) is 0 Å². The Morgan fingerprint density at radius 1 is 1.15 bits per heavy atom. The lowest BCUT2D eigenvalue weighted by atomic mass is 10.2.